The Morgan fingerprint density at radius 2 is 0.825 bits per heavy atom. The lowest BCUT2D eigenvalue weighted by Crippen LogP contribution is -1.92. The van der Waals surface area contributed by atoms with Gasteiger partial charge in [0.1, 0.15) is 0 Å². The van der Waals surface area contributed by atoms with Gasteiger partial charge in [0.05, 0.1) is 0 Å². The average Bonchev–Trinajstić information content (AvgIpc) is 3.02. The van der Waals surface area contributed by atoms with E-state index in [1.54, 1.807) is 0 Å². The Bertz CT molecular complexity index is 2220. The first-order chi connectivity index (χ1) is 19.8. The van der Waals surface area contributed by atoms with E-state index in [1.807, 2.05) is 6.08 Å². The molecule has 0 heterocycles. The normalized spacial score (nSPS) is 11.6. The number of fused-ring (bicyclic) bond motifs is 6. The highest BCUT2D eigenvalue weighted by molar-refractivity contribution is 6.26. The maximum atomic E-state index is 4.11. The lowest BCUT2D eigenvalue weighted by atomic mass is 9.83. The van der Waals surface area contributed by atoms with E-state index < -0.39 is 0 Å². The van der Waals surface area contributed by atoms with Gasteiger partial charge >= 0.3 is 0 Å². The van der Waals surface area contributed by atoms with Gasteiger partial charge in [0.2, 0.25) is 0 Å². The number of hydrogen-bond acceptors (Lipinski definition) is 0. The highest BCUT2D eigenvalue weighted by Crippen LogP contribution is 2.47. The summed E-state index contributed by atoms with van der Waals surface area (Å²) in [6.07, 6.45) is 1.97. The van der Waals surface area contributed by atoms with Gasteiger partial charge in [-0.1, -0.05) is 152 Å². The molecule has 40 heavy (non-hydrogen) atoms. The third-order valence-electron chi connectivity index (χ3n) is 8.41. The second-order valence-electron chi connectivity index (χ2n) is 10.5. The second kappa shape index (κ2) is 8.93. The smallest absolute Gasteiger partial charge is 0.00201 e. The van der Waals surface area contributed by atoms with Crippen LogP contribution in [0, 0.1) is 0 Å². The summed E-state index contributed by atoms with van der Waals surface area (Å²) in [6.45, 7) is 4.11. The zero-order chi connectivity index (χ0) is 26.6. The summed E-state index contributed by atoms with van der Waals surface area (Å²) in [5, 5.41) is 12.7. The summed E-state index contributed by atoms with van der Waals surface area (Å²) >= 11 is 0. The van der Waals surface area contributed by atoms with Crippen LogP contribution in [0.5, 0.6) is 0 Å². The van der Waals surface area contributed by atoms with Crippen molar-refractivity contribution in [2.45, 2.75) is 0 Å². The molecule has 0 saturated carbocycles. The number of benzene rings is 8. The fourth-order valence-corrected chi connectivity index (χ4v) is 6.71. The molecule has 8 rings (SSSR count). The monoisotopic (exact) mass is 506 g/mol. The Morgan fingerprint density at radius 1 is 0.350 bits per heavy atom. The molecule has 0 bridgehead atoms. The van der Waals surface area contributed by atoms with E-state index >= 15 is 0 Å². The zero-order valence-corrected chi connectivity index (χ0v) is 22.1. The molecule has 8 aromatic rings. The maximum absolute atomic E-state index is 4.11. The minimum absolute atomic E-state index is 1.17. The summed E-state index contributed by atoms with van der Waals surface area (Å²) in [4.78, 5) is 0. The first-order valence-electron chi connectivity index (χ1n) is 13.8. The lowest BCUT2D eigenvalue weighted by Gasteiger charge is -2.20. The molecule has 0 atom stereocenters. The van der Waals surface area contributed by atoms with Gasteiger partial charge in [0, 0.05) is 0 Å². The maximum Gasteiger partial charge on any atom is -0.00201 e. The fourth-order valence-electron chi connectivity index (χ4n) is 6.71. The molecule has 0 fully saturated rings. The minimum atomic E-state index is 1.17. The van der Waals surface area contributed by atoms with Crippen molar-refractivity contribution in [1.29, 1.82) is 0 Å². The van der Waals surface area contributed by atoms with E-state index in [1.165, 1.54) is 81.7 Å². The third kappa shape index (κ3) is 3.26. The molecule has 186 valence electrons. The summed E-state index contributed by atoms with van der Waals surface area (Å²) in [6, 6.07) is 51.0. The molecule has 0 nitrogen and oxygen atoms in total. The topological polar surface area (TPSA) is 0 Å². The number of rotatable bonds is 3. The molecular weight excluding hydrogens is 480 g/mol. The molecule has 0 aliphatic carbocycles. The van der Waals surface area contributed by atoms with Crippen LogP contribution in [0.2, 0.25) is 0 Å². The van der Waals surface area contributed by atoms with Crippen LogP contribution in [0.15, 0.2) is 146 Å². The van der Waals surface area contributed by atoms with E-state index in [-0.39, 0.29) is 0 Å². The minimum Gasteiger partial charge on any atom is -0.0984 e. The van der Waals surface area contributed by atoms with Crippen LogP contribution in [0.3, 0.4) is 0 Å². The molecule has 0 aromatic heterocycles. The van der Waals surface area contributed by atoms with Crippen molar-refractivity contribution in [3.8, 4) is 22.3 Å². The lowest BCUT2D eigenvalue weighted by molar-refractivity contribution is 1.69. The first-order valence-corrected chi connectivity index (χ1v) is 13.8. The molecule has 0 amide bonds. The Hall–Kier alpha value is -5.20. The third-order valence-corrected chi connectivity index (χ3v) is 8.41. The fraction of sp³-hybridized carbons (Fsp3) is 0. The van der Waals surface area contributed by atoms with Gasteiger partial charge in [0.25, 0.3) is 0 Å². The van der Waals surface area contributed by atoms with Crippen molar-refractivity contribution in [3.05, 3.63) is 152 Å². The van der Waals surface area contributed by atoms with Crippen LogP contribution in [0.25, 0.3) is 82.2 Å². The van der Waals surface area contributed by atoms with Gasteiger partial charge in [-0.3, -0.25) is 0 Å². The van der Waals surface area contributed by atoms with E-state index in [0.717, 1.165) is 0 Å². The second-order valence-corrected chi connectivity index (χ2v) is 10.5. The van der Waals surface area contributed by atoms with Crippen molar-refractivity contribution in [2.24, 2.45) is 0 Å². The van der Waals surface area contributed by atoms with Crippen LogP contribution in [0.1, 0.15) is 5.56 Å². The van der Waals surface area contributed by atoms with Crippen LogP contribution in [0.4, 0.5) is 0 Å². The predicted molar refractivity (Wildman–Crippen MR) is 175 cm³/mol. The summed E-state index contributed by atoms with van der Waals surface area (Å²) < 4.78 is 0. The van der Waals surface area contributed by atoms with Gasteiger partial charge in [-0.25, -0.2) is 0 Å². The van der Waals surface area contributed by atoms with Crippen molar-refractivity contribution in [1.82, 2.24) is 0 Å². The molecule has 0 heteroatoms. The molecule has 0 saturated heterocycles. The SMILES string of the molecule is C=Cc1cccc2ccc3c(-c4c5ccccc5c(-c5cccc6ccccc56)c5ccccc45)cccc3c12. The molecule has 0 aliphatic rings. The van der Waals surface area contributed by atoms with Gasteiger partial charge in [0.15, 0.2) is 0 Å². The Morgan fingerprint density at radius 3 is 1.48 bits per heavy atom. The highest BCUT2D eigenvalue weighted by atomic mass is 14.2. The van der Waals surface area contributed by atoms with Crippen molar-refractivity contribution in [3.63, 3.8) is 0 Å². The molecule has 8 aromatic carbocycles. The first kappa shape index (κ1) is 22.8. The molecular formula is C40H26. The average molecular weight is 507 g/mol. The Labute approximate surface area is 233 Å². The molecule has 0 aliphatic heterocycles. The summed E-state index contributed by atoms with van der Waals surface area (Å²) in [5.41, 5.74) is 6.29. The molecule has 0 unspecified atom stereocenters. The van der Waals surface area contributed by atoms with E-state index in [2.05, 4.69) is 146 Å². The Kier molecular flexibility index (Phi) is 5.08. The van der Waals surface area contributed by atoms with Crippen LogP contribution >= 0.6 is 0 Å². The summed E-state index contributed by atoms with van der Waals surface area (Å²) in [7, 11) is 0. The Balaban J connectivity index is 1.55. The van der Waals surface area contributed by atoms with Gasteiger partial charge < -0.3 is 0 Å². The van der Waals surface area contributed by atoms with Gasteiger partial charge in [-0.05, 0) is 81.7 Å². The van der Waals surface area contributed by atoms with Gasteiger partial charge in [-0.2, -0.15) is 0 Å². The molecule has 0 N–H and O–H groups in total. The van der Waals surface area contributed by atoms with Crippen LogP contribution in [-0.4, -0.2) is 0 Å². The van der Waals surface area contributed by atoms with E-state index in [4.69, 9.17) is 0 Å². The molecule has 0 radical (unpaired) electrons. The molecule has 0 spiro atoms. The summed E-state index contributed by atoms with van der Waals surface area (Å²) in [5.74, 6) is 0. The number of hydrogen-bond donors (Lipinski definition) is 0. The zero-order valence-electron chi connectivity index (χ0n) is 22.1. The van der Waals surface area contributed by atoms with Crippen LogP contribution in [-0.2, 0) is 0 Å². The standard InChI is InChI=1S/C40H26/c1-2-26-13-9-15-28-24-25-30-32(38(26)28)22-11-23-33(30)40-36-19-7-5-17-34(36)39(35-18-6-8-20-37(35)40)31-21-10-14-27-12-3-4-16-29(27)31/h2-25H,1H2. The highest BCUT2D eigenvalue weighted by Gasteiger charge is 2.19. The quantitative estimate of drug-likeness (QED) is 0.165. The van der Waals surface area contributed by atoms with Crippen molar-refractivity contribution < 1.29 is 0 Å². The van der Waals surface area contributed by atoms with Gasteiger partial charge in [-0.15, -0.1) is 0 Å². The van der Waals surface area contributed by atoms with Crippen molar-refractivity contribution in [2.75, 3.05) is 0 Å². The van der Waals surface area contributed by atoms with E-state index in [0.29, 0.717) is 0 Å². The predicted octanol–water partition coefficient (Wildman–Crippen LogP) is 11.4. The van der Waals surface area contributed by atoms with Crippen LogP contribution < -0.4 is 0 Å². The van der Waals surface area contributed by atoms with E-state index in [9.17, 15) is 0 Å². The van der Waals surface area contributed by atoms with Crippen molar-refractivity contribution >= 4 is 59.9 Å². The largest absolute Gasteiger partial charge is 0.0984 e.